The molecule has 1 saturated heterocycles. The van der Waals surface area contributed by atoms with Gasteiger partial charge in [-0.3, -0.25) is 0 Å². The molecule has 0 aromatic rings. The molecule has 0 radical (unpaired) electrons. The van der Waals surface area contributed by atoms with E-state index in [0.717, 1.165) is 25.2 Å². The first-order valence-electron chi connectivity index (χ1n) is 7.26. The molecule has 1 saturated carbocycles. The second kappa shape index (κ2) is 7.29. The molecule has 1 N–H and O–H groups in total. The zero-order valence-corrected chi connectivity index (χ0v) is 10.5. The van der Waals surface area contributed by atoms with Crippen LogP contribution in [0, 0.1) is 5.92 Å². The number of hydrogen-bond acceptors (Lipinski definition) is 2. The van der Waals surface area contributed by atoms with Gasteiger partial charge in [0, 0.05) is 19.3 Å². The largest absolute Gasteiger partial charge is 0.381 e. The second-order valence-electron chi connectivity index (χ2n) is 5.51. The summed E-state index contributed by atoms with van der Waals surface area (Å²) in [5.41, 5.74) is 0. The average Bonchev–Trinajstić information content (AvgIpc) is 2.29. The van der Waals surface area contributed by atoms with Crippen LogP contribution in [0.3, 0.4) is 0 Å². The molecule has 0 amide bonds. The summed E-state index contributed by atoms with van der Waals surface area (Å²) in [4.78, 5) is 0. The van der Waals surface area contributed by atoms with Crippen molar-refractivity contribution < 1.29 is 4.74 Å². The van der Waals surface area contributed by atoms with Crippen molar-refractivity contribution in [1.29, 1.82) is 0 Å². The van der Waals surface area contributed by atoms with Gasteiger partial charge >= 0.3 is 0 Å². The van der Waals surface area contributed by atoms with Gasteiger partial charge in [0.25, 0.3) is 0 Å². The van der Waals surface area contributed by atoms with Crippen molar-refractivity contribution in [2.45, 2.75) is 63.8 Å². The molecule has 1 heterocycles. The standard InChI is InChI=1S/C14H27NO/c1-2-4-6-13(7-5-3-1)12-15-14-8-10-16-11-9-14/h13-15H,1-12H2. The number of nitrogens with one attached hydrogen (secondary N) is 1. The molecule has 16 heavy (non-hydrogen) atoms. The molecule has 2 nitrogen and oxygen atoms in total. The van der Waals surface area contributed by atoms with Crippen molar-refractivity contribution in [3.63, 3.8) is 0 Å². The van der Waals surface area contributed by atoms with Gasteiger partial charge in [0.15, 0.2) is 0 Å². The average molecular weight is 225 g/mol. The van der Waals surface area contributed by atoms with Crippen molar-refractivity contribution in [1.82, 2.24) is 5.32 Å². The van der Waals surface area contributed by atoms with E-state index in [9.17, 15) is 0 Å². The topological polar surface area (TPSA) is 21.3 Å². The van der Waals surface area contributed by atoms with Crippen LogP contribution in [0.5, 0.6) is 0 Å². The highest BCUT2D eigenvalue weighted by Gasteiger charge is 2.16. The summed E-state index contributed by atoms with van der Waals surface area (Å²) in [5, 5.41) is 3.76. The Balaban J connectivity index is 1.62. The van der Waals surface area contributed by atoms with Gasteiger partial charge in [0.2, 0.25) is 0 Å². The monoisotopic (exact) mass is 225 g/mol. The first kappa shape index (κ1) is 12.4. The molecular weight excluding hydrogens is 198 g/mol. The predicted molar refractivity (Wildman–Crippen MR) is 67.7 cm³/mol. The van der Waals surface area contributed by atoms with Crippen LogP contribution in [-0.4, -0.2) is 25.8 Å². The van der Waals surface area contributed by atoms with Crippen LogP contribution in [-0.2, 0) is 4.74 Å². The summed E-state index contributed by atoms with van der Waals surface area (Å²) < 4.78 is 5.39. The van der Waals surface area contributed by atoms with Gasteiger partial charge in [-0.2, -0.15) is 0 Å². The minimum Gasteiger partial charge on any atom is -0.381 e. The molecule has 0 aromatic heterocycles. The minimum atomic E-state index is 0.735. The molecular formula is C14H27NO. The third kappa shape index (κ3) is 4.42. The van der Waals surface area contributed by atoms with E-state index in [-0.39, 0.29) is 0 Å². The van der Waals surface area contributed by atoms with Crippen molar-refractivity contribution in [2.75, 3.05) is 19.8 Å². The molecule has 2 aliphatic rings. The van der Waals surface area contributed by atoms with E-state index in [0.29, 0.717) is 0 Å². The Morgan fingerprint density at radius 1 is 0.812 bits per heavy atom. The van der Waals surface area contributed by atoms with Crippen LogP contribution in [0.4, 0.5) is 0 Å². The molecule has 0 atom stereocenters. The Bertz CT molecular complexity index is 170. The predicted octanol–water partition coefficient (Wildman–Crippen LogP) is 3.12. The fourth-order valence-corrected chi connectivity index (χ4v) is 2.98. The maximum Gasteiger partial charge on any atom is 0.0480 e. The van der Waals surface area contributed by atoms with Gasteiger partial charge in [-0.25, -0.2) is 0 Å². The molecule has 0 unspecified atom stereocenters. The third-order valence-corrected chi connectivity index (χ3v) is 4.14. The second-order valence-corrected chi connectivity index (χ2v) is 5.51. The highest BCUT2D eigenvalue weighted by atomic mass is 16.5. The Kier molecular flexibility index (Phi) is 5.64. The smallest absolute Gasteiger partial charge is 0.0480 e. The van der Waals surface area contributed by atoms with Gasteiger partial charge in [-0.15, -0.1) is 0 Å². The first-order valence-corrected chi connectivity index (χ1v) is 7.26. The van der Waals surface area contributed by atoms with Crippen LogP contribution < -0.4 is 5.32 Å². The van der Waals surface area contributed by atoms with Gasteiger partial charge in [0.1, 0.15) is 0 Å². The summed E-state index contributed by atoms with van der Waals surface area (Å²) in [5.74, 6) is 0.947. The van der Waals surface area contributed by atoms with Crippen LogP contribution in [0.25, 0.3) is 0 Å². The summed E-state index contributed by atoms with van der Waals surface area (Å²) in [6.07, 6.45) is 12.7. The number of hydrogen-bond donors (Lipinski definition) is 1. The number of ether oxygens (including phenoxy) is 1. The summed E-state index contributed by atoms with van der Waals surface area (Å²) in [7, 11) is 0. The van der Waals surface area contributed by atoms with Gasteiger partial charge in [-0.05, 0) is 38.1 Å². The summed E-state index contributed by atoms with van der Waals surface area (Å²) >= 11 is 0. The zero-order chi connectivity index (χ0) is 11.1. The van der Waals surface area contributed by atoms with Crippen molar-refractivity contribution in [2.24, 2.45) is 5.92 Å². The van der Waals surface area contributed by atoms with Crippen molar-refractivity contribution in [3.8, 4) is 0 Å². The molecule has 94 valence electrons. The highest BCUT2D eigenvalue weighted by molar-refractivity contribution is 4.73. The van der Waals surface area contributed by atoms with Gasteiger partial charge in [0.05, 0.1) is 0 Å². The highest BCUT2D eigenvalue weighted by Crippen LogP contribution is 2.22. The Morgan fingerprint density at radius 2 is 1.44 bits per heavy atom. The summed E-state index contributed by atoms with van der Waals surface area (Å²) in [6, 6.07) is 0.735. The van der Waals surface area contributed by atoms with E-state index in [4.69, 9.17) is 4.74 Å². The van der Waals surface area contributed by atoms with Crippen LogP contribution in [0.15, 0.2) is 0 Å². The molecule has 2 rings (SSSR count). The third-order valence-electron chi connectivity index (χ3n) is 4.14. The Hall–Kier alpha value is -0.0800. The zero-order valence-electron chi connectivity index (χ0n) is 10.5. The lowest BCUT2D eigenvalue weighted by atomic mass is 9.91. The van der Waals surface area contributed by atoms with E-state index in [1.807, 2.05) is 0 Å². The number of rotatable bonds is 3. The lowest BCUT2D eigenvalue weighted by molar-refractivity contribution is 0.0765. The fraction of sp³-hybridized carbons (Fsp3) is 1.00. The summed E-state index contributed by atoms with van der Waals surface area (Å²) in [6.45, 7) is 3.18. The Morgan fingerprint density at radius 3 is 2.12 bits per heavy atom. The normalized spacial score (nSPS) is 26.2. The van der Waals surface area contributed by atoms with Crippen LogP contribution >= 0.6 is 0 Å². The molecule has 0 bridgehead atoms. The van der Waals surface area contributed by atoms with Gasteiger partial charge < -0.3 is 10.1 Å². The molecule has 1 aliphatic carbocycles. The maximum absolute atomic E-state index is 5.39. The fourth-order valence-electron chi connectivity index (χ4n) is 2.98. The first-order chi connectivity index (χ1) is 7.95. The lowest BCUT2D eigenvalue weighted by Gasteiger charge is -2.26. The lowest BCUT2D eigenvalue weighted by Crippen LogP contribution is -2.37. The van der Waals surface area contributed by atoms with E-state index in [1.165, 1.54) is 64.3 Å². The van der Waals surface area contributed by atoms with Crippen molar-refractivity contribution in [3.05, 3.63) is 0 Å². The molecule has 1 aliphatic heterocycles. The molecule has 0 aromatic carbocycles. The maximum atomic E-state index is 5.39. The van der Waals surface area contributed by atoms with Gasteiger partial charge in [-0.1, -0.05) is 32.1 Å². The molecule has 0 spiro atoms. The van der Waals surface area contributed by atoms with Crippen LogP contribution in [0.2, 0.25) is 0 Å². The van der Waals surface area contributed by atoms with E-state index in [2.05, 4.69) is 5.32 Å². The quantitative estimate of drug-likeness (QED) is 0.797. The van der Waals surface area contributed by atoms with E-state index >= 15 is 0 Å². The van der Waals surface area contributed by atoms with Crippen LogP contribution in [0.1, 0.15) is 57.8 Å². The van der Waals surface area contributed by atoms with E-state index < -0.39 is 0 Å². The van der Waals surface area contributed by atoms with E-state index in [1.54, 1.807) is 0 Å². The SMILES string of the molecule is C1CCCC(CNC2CCOCC2)CCC1. The van der Waals surface area contributed by atoms with Crippen molar-refractivity contribution >= 4 is 0 Å². The molecule has 2 fully saturated rings. The Labute approximate surface area is 100 Å². The molecule has 2 heteroatoms. The minimum absolute atomic E-state index is 0.735.